The molecule has 0 aliphatic rings. The van der Waals surface area contributed by atoms with Gasteiger partial charge in [-0.2, -0.15) is 18.3 Å². The van der Waals surface area contributed by atoms with Crippen LogP contribution in [0.2, 0.25) is 5.02 Å². The van der Waals surface area contributed by atoms with E-state index in [9.17, 15) is 22.8 Å². The van der Waals surface area contributed by atoms with E-state index in [4.69, 9.17) is 11.6 Å². The summed E-state index contributed by atoms with van der Waals surface area (Å²) >= 11 is 6.00. The highest BCUT2D eigenvalue weighted by Gasteiger charge is 2.35. The molecule has 0 bridgehead atoms. The van der Waals surface area contributed by atoms with Gasteiger partial charge in [0.15, 0.2) is 0 Å². The van der Waals surface area contributed by atoms with E-state index in [0.717, 1.165) is 33.3 Å². The molecule has 3 aromatic rings. The molecule has 0 amide bonds. The van der Waals surface area contributed by atoms with Crippen molar-refractivity contribution in [3.63, 3.8) is 0 Å². The third kappa shape index (κ3) is 3.40. The normalized spacial score (nSPS) is 11.6. The lowest BCUT2D eigenvalue weighted by atomic mass is 10.00. The molecule has 1 aromatic carbocycles. The van der Waals surface area contributed by atoms with E-state index in [-0.39, 0.29) is 16.3 Å². The SMILES string of the molecule is Cc1ccc(-c2c(C(F)(F)F)ccn(-c3cnn(C)c(=O)c3Cl)c2=O)cc1. The second-order valence-corrected chi connectivity index (χ2v) is 6.29. The van der Waals surface area contributed by atoms with Crippen molar-refractivity contribution in [2.24, 2.45) is 7.05 Å². The minimum Gasteiger partial charge on any atom is -0.280 e. The molecule has 2 aromatic heterocycles. The largest absolute Gasteiger partial charge is 0.417 e. The standard InChI is InChI=1S/C18H13ClF3N3O2/c1-10-3-5-11(6-4-10)14-12(18(20,21)22)7-8-25(16(14)26)13-9-23-24(2)17(27)15(13)19/h3-9H,1-2H3. The van der Waals surface area contributed by atoms with E-state index in [1.54, 1.807) is 19.1 Å². The summed E-state index contributed by atoms with van der Waals surface area (Å²) in [6, 6.07) is 6.88. The highest BCUT2D eigenvalue weighted by atomic mass is 35.5. The van der Waals surface area contributed by atoms with Gasteiger partial charge in [-0.1, -0.05) is 41.4 Å². The molecule has 0 N–H and O–H groups in total. The Balaban J connectivity index is 2.36. The van der Waals surface area contributed by atoms with E-state index >= 15 is 0 Å². The highest BCUT2D eigenvalue weighted by molar-refractivity contribution is 6.32. The number of benzene rings is 1. The molecule has 0 radical (unpaired) electrons. The first-order valence-corrected chi connectivity index (χ1v) is 8.11. The van der Waals surface area contributed by atoms with E-state index in [0.29, 0.717) is 0 Å². The Kier molecular flexibility index (Phi) is 4.69. The highest BCUT2D eigenvalue weighted by Crippen LogP contribution is 2.35. The number of aromatic nitrogens is 3. The zero-order valence-corrected chi connectivity index (χ0v) is 15.0. The second kappa shape index (κ2) is 6.70. The lowest BCUT2D eigenvalue weighted by Gasteiger charge is -2.16. The van der Waals surface area contributed by atoms with Gasteiger partial charge in [0, 0.05) is 13.2 Å². The predicted molar refractivity (Wildman–Crippen MR) is 95.3 cm³/mol. The Hall–Kier alpha value is -2.87. The zero-order chi connectivity index (χ0) is 19.9. The summed E-state index contributed by atoms with van der Waals surface area (Å²) in [4.78, 5) is 24.9. The molecular weight excluding hydrogens is 383 g/mol. The summed E-state index contributed by atoms with van der Waals surface area (Å²) in [5.74, 6) is 0. The van der Waals surface area contributed by atoms with Crippen molar-refractivity contribution >= 4 is 11.6 Å². The molecule has 0 unspecified atom stereocenters. The van der Waals surface area contributed by atoms with Crippen LogP contribution in [0.3, 0.4) is 0 Å². The Labute approximate surface area is 156 Å². The van der Waals surface area contributed by atoms with Crippen molar-refractivity contribution in [2.75, 3.05) is 0 Å². The summed E-state index contributed by atoms with van der Waals surface area (Å²) in [6.07, 6.45) is -2.64. The van der Waals surface area contributed by atoms with Gasteiger partial charge in [0.1, 0.15) is 5.02 Å². The lowest BCUT2D eigenvalue weighted by molar-refractivity contribution is -0.137. The van der Waals surface area contributed by atoms with Crippen molar-refractivity contribution in [2.45, 2.75) is 13.1 Å². The van der Waals surface area contributed by atoms with Gasteiger partial charge in [0.25, 0.3) is 11.1 Å². The Bertz CT molecular complexity index is 1130. The van der Waals surface area contributed by atoms with Crippen LogP contribution in [0.1, 0.15) is 11.1 Å². The minimum absolute atomic E-state index is 0.0909. The van der Waals surface area contributed by atoms with Crippen LogP contribution in [0.25, 0.3) is 16.8 Å². The number of rotatable bonds is 2. The Morgan fingerprint density at radius 2 is 1.67 bits per heavy atom. The summed E-state index contributed by atoms with van der Waals surface area (Å²) < 4.78 is 42.3. The van der Waals surface area contributed by atoms with Crippen LogP contribution in [0.15, 0.2) is 52.3 Å². The van der Waals surface area contributed by atoms with E-state index in [2.05, 4.69) is 5.10 Å². The van der Waals surface area contributed by atoms with Gasteiger partial charge in [0.05, 0.1) is 23.0 Å². The first-order valence-electron chi connectivity index (χ1n) is 7.73. The van der Waals surface area contributed by atoms with Gasteiger partial charge in [0.2, 0.25) is 0 Å². The van der Waals surface area contributed by atoms with Gasteiger partial charge < -0.3 is 0 Å². The van der Waals surface area contributed by atoms with Crippen molar-refractivity contribution in [1.29, 1.82) is 0 Å². The van der Waals surface area contributed by atoms with Crippen molar-refractivity contribution in [3.05, 3.63) is 79.6 Å². The summed E-state index contributed by atoms with van der Waals surface area (Å²) in [5, 5.41) is 3.46. The number of hydrogen-bond donors (Lipinski definition) is 0. The van der Waals surface area contributed by atoms with Gasteiger partial charge in [-0.3, -0.25) is 14.2 Å². The van der Waals surface area contributed by atoms with Crippen LogP contribution >= 0.6 is 11.6 Å². The van der Waals surface area contributed by atoms with Gasteiger partial charge in [-0.25, -0.2) is 4.68 Å². The number of aryl methyl sites for hydroxylation is 2. The number of hydrogen-bond acceptors (Lipinski definition) is 3. The smallest absolute Gasteiger partial charge is 0.280 e. The molecule has 5 nitrogen and oxygen atoms in total. The first-order chi connectivity index (χ1) is 12.6. The second-order valence-electron chi connectivity index (χ2n) is 5.92. The van der Waals surface area contributed by atoms with Crippen molar-refractivity contribution in [1.82, 2.24) is 14.3 Å². The Morgan fingerprint density at radius 3 is 2.26 bits per heavy atom. The van der Waals surface area contributed by atoms with E-state index in [1.165, 1.54) is 19.2 Å². The number of nitrogens with zero attached hydrogens (tertiary/aromatic N) is 3. The lowest BCUT2D eigenvalue weighted by Crippen LogP contribution is -2.27. The number of halogens is 4. The molecule has 3 rings (SSSR count). The molecule has 0 saturated heterocycles. The molecule has 0 aliphatic heterocycles. The van der Waals surface area contributed by atoms with Gasteiger partial charge in [-0.05, 0) is 18.6 Å². The molecule has 0 spiro atoms. The van der Waals surface area contributed by atoms with Crippen LogP contribution in [0, 0.1) is 6.92 Å². The molecule has 2 heterocycles. The minimum atomic E-state index is -4.73. The average molecular weight is 396 g/mol. The fourth-order valence-electron chi connectivity index (χ4n) is 2.63. The fraction of sp³-hybridized carbons (Fsp3) is 0.167. The van der Waals surface area contributed by atoms with Crippen LogP contribution in [0.5, 0.6) is 0 Å². The maximum absolute atomic E-state index is 13.5. The third-order valence-electron chi connectivity index (χ3n) is 4.06. The number of pyridine rings is 1. The quantitative estimate of drug-likeness (QED) is 0.666. The maximum Gasteiger partial charge on any atom is 0.417 e. The topological polar surface area (TPSA) is 56.9 Å². The van der Waals surface area contributed by atoms with Crippen LogP contribution in [-0.2, 0) is 13.2 Å². The molecular formula is C18H13ClF3N3O2. The zero-order valence-electron chi connectivity index (χ0n) is 14.2. The average Bonchev–Trinajstić information content (AvgIpc) is 2.60. The van der Waals surface area contributed by atoms with Crippen molar-refractivity contribution < 1.29 is 13.2 Å². The monoisotopic (exact) mass is 395 g/mol. The third-order valence-corrected chi connectivity index (χ3v) is 4.41. The summed E-state index contributed by atoms with van der Waals surface area (Å²) in [5.41, 5.74) is -2.36. The predicted octanol–water partition coefficient (Wildman–Crippen LogP) is 3.58. The van der Waals surface area contributed by atoms with Crippen LogP contribution in [0.4, 0.5) is 13.2 Å². The molecule has 0 saturated carbocycles. The van der Waals surface area contributed by atoms with Crippen LogP contribution < -0.4 is 11.1 Å². The Morgan fingerprint density at radius 1 is 1.04 bits per heavy atom. The van der Waals surface area contributed by atoms with Gasteiger partial charge >= 0.3 is 6.18 Å². The molecule has 0 atom stereocenters. The molecule has 140 valence electrons. The van der Waals surface area contributed by atoms with Crippen molar-refractivity contribution in [3.8, 4) is 16.8 Å². The fourth-order valence-corrected chi connectivity index (χ4v) is 2.89. The van der Waals surface area contributed by atoms with E-state index < -0.39 is 28.4 Å². The van der Waals surface area contributed by atoms with Crippen LogP contribution in [-0.4, -0.2) is 14.3 Å². The maximum atomic E-state index is 13.5. The molecule has 0 aliphatic carbocycles. The molecule has 9 heteroatoms. The summed E-state index contributed by atoms with van der Waals surface area (Å²) in [7, 11) is 1.37. The van der Waals surface area contributed by atoms with Gasteiger partial charge in [-0.15, -0.1) is 0 Å². The molecule has 27 heavy (non-hydrogen) atoms. The number of alkyl halides is 3. The first kappa shape index (κ1) is 18.9. The molecule has 0 fully saturated rings. The summed E-state index contributed by atoms with van der Waals surface area (Å²) in [6.45, 7) is 1.78. The van der Waals surface area contributed by atoms with E-state index in [1.807, 2.05) is 0 Å².